The van der Waals surface area contributed by atoms with Crippen LogP contribution in [0.5, 0.6) is 0 Å². The summed E-state index contributed by atoms with van der Waals surface area (Å²) in [5, 5.41) is 30.1. The largest absolute Gasteiger partial charge is 0.384 e. The number of rotatable bonds is 14. The molecule has 2 saturated heterocycles. The fraction of sp³-hybridized carbons (Fsp3) is 0.381. The lowest BCUT2D eigenvalue weighted by atomic mass is 10.1. The van der Waals surface area contributed by atoms with E-state index in [9.17, 15) is 0 Å². The first-order valence-electron chi connectivity index (χ1n) is 30.0. The molecule has 9 N–H and O–H groups in total. The lowest BCUT2D eigenvalue weighted by Crippen LogP contribution is -2.26. The molecule has 23 nitrogen and oxygen atoms in total. The molecular formula is C63H78BrN21O2S3. The second-order valence-electron chi connectivity index (χ2n) is 24.3. The minimum atomic E-state index is -0.0886. The van der Waals surface area contributed by atoms with Gasteiger partial charge in [0, 0.05) is 106 Å². The number of halogens is 1. The van der Waals surface area contributed by atoms with Crippen molar-refractivity contribution in [2.75, 3.05) is 40.2 Å². The van der Waals surface area contributed by atoms with Gasteiger partial charge in [0.05, 0.1) is 123 Å². The summed E-state index contributed by atoms with van der Waals surface area (Å²) >= 11 is 8.83. The maximum absolute atomic E-state index is 6.00. The molecule has 12 aromatic rings. The molecule has 14 rings (SSSR count). The third-order valence-corrected chi connectivity index (χ3v) is 18.7. The van der Waals surface area contributed by atoms with Crippen LogP contribution in [0.2, 0.25) is 0 Å². The second kappa shape index (κ2) is 28.0. The topological polar surface area (TPSA) is 275 Å². The van der Waals surface area contributed by atoms with E-state index in [4.69, 9.17) is 30.9 Å². The molecule has 2 atom stereocenters. The van der Waals surface area contributed by atoms with Gasteiger partial charge in [-0.2, -0.15) is 15.3 Å². The summed E-state index contributed by atoms with van der Waals surface area (Å²) in [4.78, 5) is 30.3. The number of hydrogen-bond acceptors (Lipinski definition) is 20. The summed E-state index contributed by atoms with van der Waals surface area (Å²) < 4.78 is 26.1. The summed E-state index contributed by atoms with van der Waals surface area (Å²) in [7, 11) is 5.86. The Hall–Kier alpha value is -8.05. The number of fused-ring (bicyclic) bond motifs is 3. The van der Waals surface area contributed by atoms with Crippen molar-refractivity contribution < 1.29 is 9.47 Å². The zero-order valence-corrected chi connectivity index (χ0v) is 56.2. The van der Waals surface area contributed by atoms with Gasteiger partial charge in [-0.15, -0.1) is 34.0 Å². The molecule has 472 valence electrons. The monoisotopic (exact) mass is 1340 g/mol. The number of aryl methyl sites for hydroxylation is 3. The number of aromatic amines is 1. The number of nitrogen functional groups attached to an aromatic ring is 1. The molecule has 0 amide bonds. The number of hydrogen-bond donors (Lipinski definition) is 7. The highest BCUT2D eigenvalue weighted by atomic mass is 79.9. The number of nitrogens with zero attached hydrogens (tertiary/aromatic N) is 14. The predicted molar refractivity (Wildman–Crippen MR) is 368 cm³/mol. The molecule has 14 heterocycles. The molecule has 0 saturated carbocycles. The van der Waals surface area contributed by atoms with Crippen LogP contribution in [0.3, 0.4) is 0 Å². The Balaban J connectivity index is 0.000000132. The third-order valence-electron chi connectivity index (χ3n) is 14.3. The molecule has 2 fully saturated rings. The van der Waals surface area contributed by atoms with E-state index in [1.807, 2.05) is 99.7 Å². The molecule has 2 aliphatic heterocycles. The summed E-state index contributed by atoms with van der Waals surface area (Å²) in [5.41, 5.74) is 22.0. The van der Waals surface area contributed by atoms with Crippen LogP contribution < -0.4 is 32.7 Å². The number of imidazole rings is 3. The normalized spacial score (nSPS) is 15.2. The van der Waals surface area contributed by atoms with Gasteiger partial charge in [-0.25, -0.2) is 39.3 Å². The number of H-pyrrole nitrogens is 1. The Kier molecular flexibility index (Phi) is 19.8. The highest BCUT2D eigenvalue weighted by Crippen LogP contribution is 2.42. The molecule has 90 heavy (non-hydrogen) atoms. The Labute approximate surface area is 543 Å². The summed E-state index contributed by atoms with van der Waals surface area (Å²) in [5.74, 6) is 2.23. The fourth-order valence-corrected chi connectivity index (χ4v) is 14.2. The van der Waals surface area contributed by atoms with Crippen LogP contribution >= 0.6 is 49.9 Å². The molecular weight excluding hydrogens is 1260 g/mol. The van der Waals surface area contributed by atoms with E-state index in [1.54, 1.807) is 52.9 Å². The van der Waals surface area contributed by atoms with Gasteiger partial charge in [-0.05, 0) is 138 Å². The number of nitrogens with one attached hydrogen (secondary N) is 5. The summed E-state index contributed by atoms with van der Waals surface area (Å²) in [6, 6.07) is 18.4. The third kappa shape index (κ3) is 16.1. The van der Waals surface area contributed by atoms with Crippen molar-refractivity contribution in [2.24, 2.45) is 26.9 Å². The number of thiophene rings is 3. The minimum Gasteiger partial charge on any atom is -0.384 e. The van der Waals surface area contributed by atoms with Crippen LogP contribution in [0.15, 0.2) is 115 Å². The molecule has 27 heteroatoms. The van der Waals surface area contributed by atoms with Crippen molar-refractivity contribution in [3.63, 3.8) is 0 Å². The molecule has 2 aliphatic rings. The Morgan fingerprint density at radius 2 is 1.07 bits per heavy atom. The van der Waals surface area contributed by atoms with Crippen LogP contribution in [0.25, 0.3) is 62.4 Å². The first-order valence-corrected chi connectivity index (χ1v) is 33.2. The minimum absolute atomic E-state index is 0.00166. The molecule has 0 aromatic carbocycles. The molecule has 0 spiro atoms. The fourth-order valence-electron chi connectivity index (χ4n) is 10.4. The Morgan fingerprint density at radius 3 is 1.53 bits per heavy atom. The SMILES string of the molecule is CC(C)(C)Nc1cc(Br)c2sc(-c3ccnn3C3CCCCO3)cc2n1.Cn1cnc(CN)c1.Cn1cnc(CNc2cc(N)nc3cc(-c4ccn[nH]4)sc23)c1.Cn1cnc(CNc2cc(NC(C)(C)C)nc3cc(-c4ccnn4C4CCCCO4)sc23)c1. The van der Waals surface area contributed by atoms with Gasteiger partial charge < -0.3 is 55.9 Å². The van der Waals surface area contributed by atoms with Crippen molar-refractivity contribution in [1.82, 2.24) is 73.4 Å². The van der Waals surface area contributed by atoms with E-state index < -0.39 is 0 Å². The number of pyridine rings is 3. The van der Waals surface area contributed by atoms with Gasteiger partial charge in [0.2, 0.25) is 0 Å². The highest BCUT2D eigenvalue weighted by Gasteiger charge is 2.25. The molecule has 0 aliphatic carbocycles. The van der Waals surface area contributed by atoms with Gasteiger partial charge in [0.25, 0.3) is 0 Å². The lowest BCUT2D eigenvalue weighted by molar-refractivity contribution is -0.0384. The van der Waals surface area contributed by atoms with Gasteiger partial charge in [-0.3, -0.25) is 5.10 Å². The number of aromatic nitrogens is 15. The number of ether oxygens (including phenoxy) is 2. The van der Waals surface area contributed by atoms with E-state index in [-0.39, 0.29) is 23.5 Å². The van der Waals surface area contributed by atoms with Gasteiger partial charge >= 0.3 is 0 Å². The van der Waals surface area contributed by atoms with Crippen LogP contribution in [0.4, 0.5) is 28.8 Å². The predicted octanol–water partition coefficient (Wildman–Crippen LogP) is 13.7. The average molecular weight is 1340 g/mol. The van der Waals surface area contributed by atoms with Crippen molar-refractivity contribution in [2.45, 2.75) is 123 Å². The van der Waals surface area contributed by atoms with Crippen molar-refractivity contribution in [1.29, 1.82) is 0 Å². The maximum atomic E-state index is 6.00. The Bertz CT molecular complexity index is 4290. The average Bonchev–Trinajstić information content (AvgIpc) is 1.71. The lowest BCUT2D eigenvalue weighted by Gasteiger charge is -2.24. The molecule has 2 unspecified atom stereocenters. The van der Waals surface area contributed by atoms with Gasteiger partial charge in [0.1, 0.15) is 17.5 Å². The first-order chi connectivity index (χ1) is 43.3. The van der Waals surface area contributed by atoms with Gasteiger partial charge in [-0.1, -0.05) is 0 Å². The van der Waals surface area contributed by atoms with Crippen LogP contribution in [0, 0.1) is 0 Å². The van der Waals surface area contributed by atoms with Crippen LogP contribution in [-0.4, -0.2) is 97.7 Å². The molecule has 0 radical (unpaired) electrons. The first kappa shape index (κ1) is 63.5. The van der Waals surface area contributed by atoms with Crippen molar-refractivity contribution in [3.05, 3.63) is 132 Å². The highest BCUT2D eigenvalue weighted by molar-refractivity contribution is 9.10. The standard InChI is InChI=1S/C24H31N7OS.C19H23BrN4OS.C15H15N7S.C5H9N3/c1-24(2,3)29-21-12-17(25-13-16-14-30(4)15-26-16)23-18(28-21)11-20(33-23)19-8-9-27-31(19)22-7-5-6-10-32-22;1-19(2,3)23-16-10-12(20)18-13(22-16)11-15(26-18)14-7-8-21-24(14)17-6-4-5-9-25-17;1-22-7-9(18-8-22)6-17-11-5-14(16)20-12-4-13(23-15(11)12)10-2-3-19-21-10;1-8-3-5(2-6)7-4-8/h8-9,11-12,14-15,22H,5-7,10,13H2,1-4H3,(H2,25,28,29);7-8,10-11,17H,4-6,9H2,1-3H3,(H,22,23);2-5,7-8H,6H2,1H3,(H,19,21)(H3,16,17,20);3-4H,2,6H2,1H3. The van der Waals surface area contributed by atoms with Crippen LogP contribution in [0.1, 0.15) is 110 Å². The van der Waals surface area contributed by atoms with E-state index >= 15 is 0 Å². The van der Waals surface area contributed by atoms with E-state index in [0.29, 0.717) is 25.5 Å². The number of anilines is 5. The molecule has 12 aromatic heterocycles. The smallest absolute Gasteiger partial charge is 0.150 e. The zero-order chi connectivity index (χ0) is 63.1. The summed E-state index contributed by atoms with van der Waals surface area (Å²) in [6.45, 7) is 16.2. The van der Waals surface area contributed by atoms with E-state index in [0.717, 1.165) is 146 Å². The van der Waals surface area contributed by atoms with E-state index in [2.05, 4.69) is 155 Å². The van der Waals surface area contributed by atoms with Gasteiger partial charge in [0.15, 0.2) is 12.5 Å². The quantitative estimate of drug-likeness (QED) is 0.0533. The van der Waals surface area contributed by atoms with Crippen LogP contribution in [-0.2, 0) is 50.3 Å². The van der Waals surface area contributed by atoms with E-state index in [1.165, 1.54) is 12.8 Å². The Morgan fingerprint density at radius 1 is 0.589 bits per heavy atom. The zero-order valence-electron chi connectivity index (χ0n) is 52.2. The number of nitrogens with two attached hydrogens (primary N) is 2. The second-order valence-corrected chi connectivity index (χ2v) is 28.3. The summed E-state index contributed by atoms with van der Waals surface area (Å²) in [6.07, 6.45) is 23.4. The van der Waals surface area contributed by atoms with Crippen molar-refractivity contribution >= 4 is 109 Å². The van der Waals surface area contributed by atoms with Crippen molar-refractivity contribution in [3.8, 4) is 31.7 Å². The maximum Gasteiger partial charge on any atom is 0.150 e. The molecule has 0 bridgehead atoms.